The van der Waals surface area contributed by atoms with E-state index in [-0.39, 0.29) is 17.8 Å². The van der Waals surface area contributed by atoms with E-state index in [4.69, 9.17) is 11.5 Å². The number of aromatic nitrogens is 1. The normalized spacial score (nSPS) is 13.2. The number of hydrogen-bond donors (Lipinski definition) is 2. The second kappa shape index (κ2) is 6.03. The first kappa shape index (κ1) is 15.8. The first-order valence-corrected chi connectivity index (χ1v) is 6.90. The summed E-state index contributed by atoms with van der Waals surface area (Å²) in [6, 6.07) is 6.50. The van der Waals surface area contributed by atoms with Gasteiger partial charge in [-0.3, -0.25) is 0 Å². The molecule has 21 heavy (non-hydrogen) atoms. The highest BCUT2D eigenvalue weighted by atomic mass is 79.9. The summed E-state index contributed by atoms with van der Waals surface area (Å²) < 4.78 is 39.6. The van der Waals surface area contributed by atoms with Crippen LogP contribution in [0.4, 0.5) is 19.0 Å². The molecule has 1 unspecified atom stereocenters. The first-order valence-electron chi connectivity index (χ1n) is 6.10. The van der Waals surface area contributed by atoms with E-state index in [1.165, 1.54) is 18.3 Å². The van der Waals surface area contributed by atoms with Gasteiger partial charge in [0, 0.05) is 16.7 Å². The lowest BCUT2D eigenvalue weighted by molar-refractivity contribution is -0.138. The fourth-order valence-electron chi connectivity index (χ4n) is 2.07. The number of rotatable bonds is 3. The van der Waals surface area contributed by atoms with Gasteiger partial charge in [-0.15, -0.1) is 0 Å². The standard InChI is InChI=1S/C14H13BrF3N3/c15-9-3-4-10(11(7-9)14(16,17)18)12(19)6-8-2-1-5-21-13(8)20/h1-5,7,12H,6,19H2,(H2,20,21). The lowest BCUT2D eigenvalue weighted by Crippen LogP contribution is -2.20. The molecule has 0 saturated carbocycles. The average molecular weight is 360 g/mol. The van der Waals surface area contributed by atoms with Gasteiger partial charge < -0.3 is 11.5 Å². The monoisotopic (exact) mass is 359 g/mol. The molecule has 0 amide bonds. The predicted octanol–water partition coefficient (Wildman–Crippen LogP) is 3.69. The van der Waals surface area contributed by atoms with E-state index in [0.717, 1.165) is 6.07 Å². The number of pyridine rings is 1. The number of nitrogens with two attached hydrogens (primary N) is 2. The zero-order chi connectivity index (χ0) is 15.6. The van der Waals surface area contributed by atoms with Crippen molar-refractivity contribution < 1.29 is 13.2 Å². The van der Waals surface area contributed by atoms with Crippen molar-refractivity contribution in [3.8, 4) is 0 Å². The number of anilines is 1. The van der Waals surface area contributed by atoms with Crippen LogP contribution in [-0.4, -0.2) is 4.98 Å². The van der Waals surface area contributed by atoms with Gasteiger partial charge in [0.05, 0.1) is 5.56 Å². The van der Waals surface area contributed by atoms with Crippen LogP contribution in [0.25, 0.3) is 0 Å². The minimum atomic E-state index is -4.46. The van der Waals surface area contributed by atoms with E-state index in [9.17, 15) is 13.2 Å². The van der Waals surface area contributed by atoms with E-state index in [0.29, 0.717) is 10.0 Å². The van der Waals surface area contributed by atoms with Crippen molar-refractivity contribution in [3.05, 3.63) is 57.7 Å². The summed E-state index contributed by atoms with van der Waals surface area (Å²) in [6.07, 6.45) is -2.76. The van der Waals surface area contributed by atoms with Gasteiger partial charge in [-0.2, -0.15) is 13.2 Å². The maximum Gasteiger partial charge on any atom is 0.416 e. The molecule has 2 aromatic rings. The van der Waals surface area contributed by atoms with Gasteiger partial charge >= 0.3 is 6.18 Å². The van der Waals surface area contributed by atoms with Gasteiger partial charge in [0.25, 0.3) is 0 Å². The van der Waals surface area contributed by atoms with Crippen LogP contribution >= 0.6 is 15.9 Å². The molecule has 1 aromatic carbocycles. The Morgan fingerprint density at radius 1 is 1.24 bits per heavy atom. The summed E-state index contributed by atoms with van der Waals surface area (Å²) in [5.41, 5.74) is 11.6. The van der Waals surface area contributed by atoms with Gasteiger partial charge in [-0.05, 0) is 35.7 Å². The summed E-state index contributed by atoms with van der Waals surface area (Å²) in [7, 11) is 0. The molecule has 0 spiro atoms. The maximum atomic E-state index is 13.1. The average Bonchev–Trinajstić information content (AvgIpc) is 2.40. The number of halogens is 4. The predicted molar refractivity (Wildman–Crippen MR) is 78.4 cm³/mol. The van der Waals surface area contributed by atoms with Crippen LogP contribution in [0, 0.1) is 0 Å². The summed E-state index contributed by atoms with van der Waals surface area (Å²) in [5, 5.41) is 0. The van der Waals surface area contributed by atoms with Gasteiger partial charge in [-0.1, -0.05) is 28.1 Å². The maximum absolute atomic E-state index is 13.1. The zero-order valence-corrected chi connectivity index (χ0v) is 12.4. The van der Waals surface area contributed by atoms with Crippen LogP contribution in [0.1, 0.15) is 22.7 Å². The minimum Gasteiger partial charge on any atom is -0.383 e. The van der Waals surface area contributed by atoms with Crippen LogP contribution < -0.4 is 11.5 Å². The van der Waals surface area contributed by atoms with Crippen molar-refractivity contribution in [1.29, 1.82) is 0 Å². The molecule has 1 atom stereocenters. The Balaban J connectivity index is 2.36. The SMILES string of the molecule is Nc1ncccc1CC(N)c1ccc(Br)cc1C(F)(F)F. The number of alkyl halides is 3. The molecular formula is C14H13BrF3N3. The molecule has 0 radical (unpaired) electrons. The highest BCUT2D eigenvalue weighted by Crippen LogP contribution is 2.36. The Labute approximate surface area is 128 Å². The topological polar surface area (TPSA) is 64.9 Å². The first-order chi connectivity index (χ1) is 9.79. The third kappa shape index (κ3) is 3.74. The molecule has 0 saturated heterocycles. The van der Waals surface area contributed by atoms with Crippen LogP contribution in [0.15, 0.2) is 41.0 Å². The molecule has 0 aliphatic carbocycles. The second-order valence-corrected chi connectivity index (χ2v) is 5.50. The van der Waals surface area contributed by atoms with Gasteiger partial charge in [0.2, 0.25) is 0 Å². The lowest BCUT2D eigenvalue weighted by Gasteiger charge is -2.19. The Morgan fingerprint density at radius 3 is 2.57 bits per heavy atom. The van der Waals surface area contributed by atoms with Crippen LogP contribution in [0.5, 0.6) is 0 Å². The van der Waals surface area contributed by atoms with Gasteiger partial charge in [0.1, 0.15) is 5.82 Å². The molecule has 3 nitrogen and oxygen atoms in total. The van der Waals surface area contributed by atoms with Crippen LogP contribution in [-0.2, 0) is 12.6 Å². The van der Waals surface area contributed by atoms with E-state index >= 15 is 0 Å². The Morgan fingerprint density at radius 2 is 1.95 bits per heavy atom. The number of nitrogens with zero attached hydrogens (tertiary/aromatic N) is 1. The zero-order valence-electron chi connectivity index (χ0n) is 10.9. The van der Waals surface area contributed by atoms with Crippen molar-refractivity contribution >= 4 is 21.7 Å². The number of benzene rings is 1. The summed E-state index contributed by atoms with van der Waals surface area (Å²) in [6.45, 7) is 0. The number of nitrogen functional groups attached to an aromatic ring is 1. The van der Waals surface area contributed by atoms with E-state index in [1.54, 1.807) is 12.1 Å². The van der Waals surface area contributed by atoms with Crippen LogP contribution in [0.2, 0.25) is 0 Å². The Kier molecular flexibility index (Phi) is 4.53. The molecule has 1 aromatic heterocycles. The molecule has 0 aliphatic rings. The number of hydrogen-bond acceptors (Lipinski definition) is 3. The van der Waals surface area contributed by atoms with Gasteiger partial charge in [-0.25, -0.2) is 4.98 Å². The van der Waals surface area contributed by atoms with Crippen molar-refractivity contribution in [2.45, 2.75) is 18.6 Å². The van der Waals surface area contributed by atoms with Crippen molar-refractivity contribution in [2.75, 3.05) is 5.73 Å². The molecule has 0 bridgehead atoms. The lowest BCUT2D eigenvalue weighted by atomic mass is 9.95. The smallest absolute Gasteiger partial charge is 0.383 e. The third-order valence-corrected chi connectivity index (χ3v) is 3.58. The second-order valence-electron chi connectivity index (χ2n) is 4.59. The molecule has 0 aliphatic heterocycles. The minimum absolute atomic E-state index is 0.0361. The fourth-order valence-corrected chi connectivity index (χ4v) is 2.43. The molecule has 112 valence electrons. The summed E-state index contributed by atoms with van der Waals surface area (Å²) in [4.78, 5) is 3.90. The van der Waals surface area contributed by atoms with Crippen molar-refractivity contribution in [1.82, 2.24) is 4.98 Å². The molecule has 4 N–H and O–H groups in total. The highest BCUT2D eigenvalue weighted by molar-refractivity contribution is 9.10. The molecular weight excluding hydrogens is 347 g/mol. The molecule has 7 heteroatoms. The highest BCUT2D eigenvalue weighted by Gasteiger charge is 2.34. The van der Waals surface area contributed by atoms with Gasteiger partial charge in [0.15, 0.2) is 0 Å². The van der Waals surface area contributed by atoms with Crippen molar-refractivity contribution in [2.24, 2.45) is 5.73 Å². The molecule has 0 fully saturated rings. The quantitative estimate of drug-likeness (QED) is 0.878. The fraction of sp³-hybridized carbons (Fsp3) is 0.214. The van der Waals surface area contributed by atoms with Crippen molar-refractivity contribution in [3.63, 3.8) is 0 Å². The van der Waals surface area contributed by atoms with E-state index in [1.807, 2.05) is 0 Å². The summed E-state index contributed by atoms with van der Waals surface area (Å²) >= 11 is 3.05. The molecule has 1 heterocycles. The summed E-state index contributed by atoms with van der Waals surface area (Å²) in [5.74, 6) is 0.277. The van der Waals surface area contributed by atoms with E-state index < -0.39 is 17.8 Å². The largest absolute Gasteiger partial charge is 0.416 e. The Bertz CT molecular complexity index is 644. The third-order valence-electron chi connectivity index (χ3n) is 3.09. The Hall–Kier alpha value is -1.60. The van der Waals surface area contributed by atoms with E-state index in [2.05, 4.69) is 20.9 Å². The van der Waals surface area contributed by atoms with Crippen LogP contribution in [0.3, 0.4) is 0 Å². The molecule has 2 rings (SSSR count).